The summed E-state index contributed by atoms with van der Waals surface area (Å²) in [6.45, 7) is 1.40. The lowest BCUT2D eigenvalue weighted by molar-refractivity contribution is -0.111. The van der Waals surface area contributed by atoms with Gasteiger partial charge in [0.15, 0.2) is 0 Å². The summed E-state index contributed by atoms with van der Waals surface area (Å²) in [5, 5.41) is 5.13. The van der Waals surface area contributed by atoms with Crippen LogP contribution in [-0.2, 0) is 14.8 Å². The lowest BCUT2D eigenvalue weighted by Crippen LogP contribution is -2.12. The molecule has 1 N–H and O–H groups in total. The largest absolute Gasteiger partial charge is 0.287 e. The van der Waals surface area contributed by atoms with Crippen LogP contribution in [0.3, 0.4) is 0 Å². The van der Waals surface area contributed by atoms with E-state index in [4.69, 9.17) is 5.14 Å². The summed E-state index contributed by atoms with van der Waals surface area (Å²) in [6.07, 6.45) is -0.119. The van der Waals surface area contributed by atoms with Crippen molar-refractivity contribution >= 4 is 15.1 Å². The second-order valence-electron chi connectivity index (χ2n) is 1.23. The molecule has 0 unspecified atom stereocenters. The molecule has 0 aliphatic heterocycles. The Bertz CT molecular complexity index is 181. The summed E-state index contributed by atoms with van der Waals surface area (Å²) in [5.74, 6) is 0. The SMILES string of the molecule is CCC(=O)S([NH])(=O)=O. The molecule has 0 atom stereocenters. The van der Waals surface area contributed by atoms with Crippen LogP contribution in [0.2, 0.25) is 0 Å². The Kier molecular flexibility index (Phi) is 2.12. The van der Waals surface area contributed by atoms with Gasteiger partial charge in [-0.15, -0.1) is 5.14 Å². The molecular formula is C3H6NO3S. The van der Waals surface area contributed by atoms with E-state index in [0.29, 0.717) is 0 Å². The minimum Gasteiger partial charge on any atom is -0.280 e. The molecule has 0 aliphatic rings. The van der Waals surface area contributed by atoms with E-state index in [2.05, 4.69) is 0 Å². The molecule has 0 saturated heterocycles. The van der Waals surface area contributed by atoms with Crippen molar-refractivity contribution in [2.75, 3.05) is 0 Å². The van der Waals surface area contributed by atoms with E-state index in [1.54, 1.807) is 0 Å². The summed E-state index contributed by atoms with van der Waals surface area (Å²) in [6, 6.07) is 0. The molecule has 0 spiro atoms. The highest BCUT2D eigenvalue weighted by Gasteiger charge is 2.12. The van der Waals surface area contributed by atoms with Crippen LogP contribution in [0.5, 0.6) is 0 Å². The highest BCUT2D eigenvalue weighted by molar-refractivity contribution is 8.03. The first-order chi connectivity index (χ1) is 3.48. The van der Waals surface area contributed by atoms with Crippen LogP contribution in [-0.4, -0.2) is 13.5 Å². The molecule has 5 heteroatoms. The van der Waals surface area contributed by atoms with Gasteiger partial charge in [0, 0.05) is 6.42 Å². The third kappa shape index (κ3) is 2.04. The van der Waals surface area contributed by atoms with Crippen molar-refractivity contribution in [3.05, 3.63) is 0 Å². The highest BCUT2D eigenvalue weighted by atomic mass is 32.2. The van der Waals surface area contributed by atoms with Crippen molar-refractivity contribution < 1.29 is 13.2 Å². The van der Waals surface area contributed by atoms with Gasteiger partial charge in [-0.1, -0.05) is 6.92 Å². The van der Waals surface area contributed by atoms with Crippen LogP contribution in [0.1, 0.15) is 13.3 Å². The fourth-order valence-corrected chi connectivity index (χ4v) is 0.570. The molecule has 0 aromatic rings. The number of hydrogen-bond acceptors (Lipinski definition) is 3. The number of nitrogens with one attached hydrogen (secondary N) is 1. The Morgan fingerprint density at radius 2 is 2.00 bits per heavy atom. The zero-order chi connectivity index (χ0) is 6.78. The third-order valence-electron chi connectivity index (χ3n) is 0.588. The van der Waals surface area contributed by atoms with Crippen LogP contribution in [0, 0.1) is 0 Å². The van der Waals surface area contributed by atoms with E-state index in [1.165, 1.54) is 6.92 Å². The molecule has 0 aliphatic carbocycles. The molecule has 0 aromatic heterocycles. The summed E-state index contributed by atoms with van der Waals surface area (Å²) >= 11 is 0. The summed E-state index contributed by atoms with van der Waals surface area (Å²) in [7, 11) is -4.14. The van der Waals surface area contributed by atoms with Crippen LogP contribution in [0.15, 0.2) is 0 Å². The first-order valence-corrected chi connectivity index (χ1v) is 3.49. The lowest BCUT2D eigenvalue weighted by atomic mass is 10.6. The minimum atomic E-state index is -4.14. The third-order valence-corrected chi connectivity index (χ3v) is 1.48. The average molecular weight is 136 g/mol. The summed E-state index contributed by atoms with van der Waals surface area (Å²) in [5.41, 5.74) is 0. The van der Waals surface area contributed by atoms with Gasteiger partial charge in [0.05, 0.1) is 0 Å². The Balaban J connectivity index is 4.29. The molecule has 1 radical (unpaired) electrons. The molecule has 0 bridgehead atoms. The second kappa shape index (κ2) is 2.23. The van der Waals surface area contributed by atoms with Gasteiger partial charge in [-0.25, -0.2) is 8.42 Å². The van der Waals surface area contributed by atoms with Crippen molar-refractivity contribution in [3.8, 4) is 0 Å². The first kappa shape index (κ1) is 7.58. The molecule has 0 heterocycles. The van der Waals surface area contributed by atoms with Crippen molar-refractivity contribution in [1.82, 2.24) is 5.14 Å². The zero-order valence-corrected chi connectivity index (χ0v) is 5.16. The second-order valence-corrected chi connectivity index (χ2v) is 2.69. The van der Waals surface area contributed by atoms with Gasteiger partial charge < -0.3 is 0 Å². The van der Waals surface area contributed by atoms with E-state index in [9.17, 15) is 13.2 Å². The standard InChI is InChI=1S/C3H6NO3S/c1-2-3(5)8(4,6)7/h4H,2H2,1H3. The Morgan fingerprint density at radius 1 is 1.62 bits per heavy atom. The Morgan fingerprint density at radius 3 is 2.00 bits per heavy atom. The molecule has 0 saturated carbocycles. The van der Waals surface area contributed by atoms with E-state index in [0.717, 1.165) is 0 Å². The van der Waals surface area contributed by atoms with Crippen LogP contribution in [0.4, 0.5) is 0 Å². The van der Waals surface area contributed by atoms with Gasteiger partial charge in [-0.2, -0.15) is 0 Å². The minimum absolute atomic E-state index is 0.119. The smallest absolute Gasteiger partial charge is 0.280 e. The molecule has 0 aromatic carbocycles. The van der Waals surface area contributed by atoms with Crippen LogP contribution < -0.4 is 5.14 Å². The average Bonchev–Trinajstić information content (AvgIpc) is 1.62. The van der Waals surface area contributed by atoms with Gasteiger partial charge in [-0.3, -0.25) is 4.79 Å². The molecule has 4 nitrogen and oxygen atoms in total. The maximum Gasteiger partial charge on any atom is 0.287 e. The van der Waals surface area contributed by atoms with E-state index >= 15 is 0 Å². The van der Waals surface area contributed by atoms with Gasteiger partial charge in [0.25, 0.3) is 15.1 Å². The van der Waals surface area contributed by atoms with Gasteiger partial charge in [-0.05, 0) is 0 Å². The van der Waals surface area contributed by atoms with Gasteiger partial charge >= 0.3 is 0 Å². The highest BCUT2D eigenvalue weighted by Crippen LogP contribution is 1.87. The fourth-order valence-electron chi connectivity index (χ4n) is 0.190. The summed E-state index contributed by atoms with van der Waals surface area (Å²) in [4.78, 5) is 10.1. The monoisotopic (exact) mass is 136 g/mol. The van der Waals surface area contributed by atoms with Crippen molar-refractivity contribution in [3.63, 3.8) is 0 Å². The number of rotatable bonds is 1. The van der Waals surface area contributed by atoms with E-state index in [1.807, 2.05) is 0 Å². The Hall–Kier alpha value is -0.420. The molecular weight excluding hydrogens is 130 g/mol. The predicted octanol–water partition coefficient (Wildman–Crippen LogP) is -0.464. The Labute approximate surface area is 47.7 Å². The normalized spacial score (nSPS) is 11.2. The van der Waals surface area contributed by atoms with Crippen molar-refractivity contribution in [2.45, 2.75) is 13.3 Å². The van der Waals surface area contributed by atoms with Gasteiger partial charge in [0.2, 0.25) is 0 Å². The van der Waals surface area contributed by atoms with Gasteiger partial charge in [0.1, 0.15) is 0 Å². The van der Waals surface area contributed by atoms with E-state index < -0.39 is 15.1 Å². The van der Waals surface area contributed by atoms with Crippen LogP contribution >= 0.6 is 0 Å². The van der Waals surface area contributed by atoms with Crippen molar-refractivity contribution in [1.29, 1.82) is 0 Å². The topological polar surface area (TPSA) is 75.0 Å². The maximum atomic E-state index is 10.1. The van der Waals surface area contributed by atoms with E-state index in [-0.39, 0.29) is 6.42 Å². The molecule has 0 amide bonds. The number of hydrogen-bond donors (Lipinski definition) is 0. The molecule has 0 rings (SSSR count). The fraction of sp³-hybridized carbons (Fsp3) is 0.667. The lowest BCUT2D eigenvalue weighted by Gasteiger charge is -1.85. The number of sulfonamides is 1. The quantitative estimate of drug-likeness (QED) is 0.489. The number of carbonyl (C=O) groups excluding carboxylic acids is 1. The summed E-state index contributed by atoms with van der Waals surface area (Å²) < 4.78 is 19.8. The molecule has 47 valence electrons. The molecule has 8 heavy (non-hydrogen) atoms. The zero-order valence-electron chi connectivity index (χ0n) is 4.34. The molecule has 0 fully saturated rings. The van der Waals surface area contributed by atoms with Crippen LogP contribution in [0.25, 0.3) is 0 Å². The van der Waals surface area contributed by atoms with Crippen molar-refractivity contribution in [2.24, 2.45) is 0 Å². The first-order valence-electron chi connectivity index (χ1n) is 2.01. The predicted molar refractivity (Wildman–Crippen MR) is 27.3 cm³/mol. The maximum absolute atomic E-state index is 10.1. The number of carbonyl (C=O) groups is 1.